The summed E-state index contributed by atoms with van der Waals surface area (Å²) in [6.07, 6.45) is 3.89. The number of hydrogen-bond donors (Lipinski definition) is 2. The van der Waals surface area contributed by atoms with Gasteiger partial charge in [-0.3, -0.25) is 9.59 Å². The van der Waals surface area contributed by atoms with Crippen molar-refractivity contribution in [1.82, 2.24) is 20.1 Å². The van der Waals surface area contributed by atoms with Gasteiger partial charge >= 0.3 is 0 Å². The minimum atomic E-state index is -0.213. The van der Waals surface area contributed by atoms with Crippen molar-refractivity contribution in [2.24, 2.45) is 7.05 Å². The van der Waals surface area contributed by atoms with Gasteiger partial charge in [-0.1, -0.05) is 65.3 Å². The molecule has 0 aliphatic heterocycles. The number of aryl methyl sites for hydroxylation is 1. The molecule has 12 heteroatoms. The molecule has 2 amide bonds. The standard InChI is InChI=1S/C28H27Cl2N5O3S2/c1-35-23(15-38-21-12-11-18(29)13-20(21)30)33-34-28(35)39-16-24(36)32-27-25(19-9-5-6-10-22(19)40-27)26(37)31-14-17-7-3-2-4-8-17/h2-4,7-8,11-13H,5-6,9-10,14-16H2,1H3,(H,31,37)(H,32,36). The van der Waals surface area contributed by atoms with E-state index in [-0.39, 0.29) is 24.2 Å². The Morgan fingerprint density at radius 2 is 1.90 bits per heavy atom. The second-order valence-electron chi connectivity index (χ2n) is 9.24. The van der Waals surface area contributed by atoms with Crippen LogP contribution in [0.2, 0.25) is 10.0 Å². The summed E-state index contributed by atoms with van der Waals surface area (Å²) in [5.41, 5.74) is 2.67. The molecule has 2 aromatic carbocycles. The number of thioether (sulfide) groups is 1. The van der Waals surface area contributed by atoms with E-state index in [1.807, 2.05) is 37.4 Å². The van der Waals surface area contributed by atoms with Crippen LogP contribution in [0, 0.1) is 0 Å². The molecule has 1 aliphatic rings. The van der Waals surface area contributed by atoms with Crippen molar-refractivity contribution in [3.63, 3.8) is 0 Å². The Labute approximate surface area is 250 Å². The van der Waals surface area contributed by atoms with Gasteiger partial charge in [0.15, 0.2) is 11.0 Å². The zero-order valence-electron chi connectivity index (χ0n) is 21.7. The van der Waals surface area contributed by atoms with Crippen LogP contribution < -0.4 is 15.4 Å². The Hall–Kier alpha value is -3.05. The number of aromatic nitrogens is 3. The van der Waals surface area contributed by atoms with Crippen molar-refractivity contribution in [2.45, 2.75) is 44.0 Å². The average Bonchev–Trinajstić information content (AvgIpc) is 3.49. The summed E-state index contributed by atoms with van der Waals surface area (Å²) in [6, 6.07) is 14.8. The number of ether oxygens (including phenoxy) is 1. The molecule has 0 radical (unpaired) electrons. The zero-order chi connectivity index (χ0) is 28.1. The molecule has 0 saturated heterocycles. The molecule has 0 bridgehead atoms. The molecule has 40 heavy (non-hydrogen) atoms. The third-order valence-corrected chi connectivity index (χ3v) is 9.21. The summed E-state index contributed by atoms with van der Waals surface area (Å²) in [6.45, 7) is 0.579. The second kappa shape index (κ2) is 13.1. The van der Waals surface area contributed by atoms with E-state index in [9.17, 15) is 9.59 Å². The maximum absolute atomic E-state index is 13.3. The Kier molecular flexibility index (Phi) is 9.31. The fourth-order valence-electron chi connectivity index (χ4n) is 4.38. The number of benzene rings is 2. The van der Waals surface area contributed by atoms with Gasteiger partial charge in [0, 0.05) is 23.5 Å². The van der Waals surface area contributed by atoms with E-state index in [2.05, 4.69) is 20.8 Å². The summed E-state index contributed by atoms with van der Waals surface area (Å²) in [5.74, 6) is 0.810. The van der Waals surface area contributed by atoms with E-state index >= 15 is 0 Å². The Morgan fingerprint density at radius 1 is 1.10 bits per heavy atom. The first-order valence-electron chi connectivity index (χ1n) is 12.7. The lowest BCUT2D eigenvalue weighted by Gasteiger charge is -2.13. The summed E-state index contributed by atoms with van der Waals surface area (Å²) in [5, 5.41) is 16.5. The lowest BCUT2D eigenvalue weighted by atomic mass is 9.95. The van der Waals surface area contributed by atoms with Crippen LogP contribution in [0.15, 0.2) is 53.7 Å². The maximum Gasteiger partial charge on any atom is 0.254 e. The van der Waals surface area contributed by atoms with Gasteiger partial charge in [-0.15, -0.1) is 21.5 Å². The Balaban J connectivity index is 1.21. The highest BCUT2D eigenvalue weighted by Gasteiger charge is 2.26. The Morgan fingerprint density at radius 3 is 2.70 bits per heavy atom. The molecule has 208 valence electrons. The van der Waals surface area contributed by atoms with Gasteiger partial charge in [-0.05, 0) is 55.0 Å². The second-order valence-corrected chi connectivity index (χ2v) is 12.1. The molecule has 0 saturated carbocycles. The normalized spacial score (nSPS) is 12.6. The molecule has 0 atom stereocenters. The first-order chi connectivity index (χ1) is 19.4. The molecule has 8 nitrogen and oxygen atoms in total. The van der Waals surface area contributed by atoms with Crippen molar-refractivity contribution in [1.29, 1.82) is 0 Å². The number of nitrogens with zero attached hydrogens (tertiary/aromatic N) is 3. The number of anilines is 1. The number of halogens is 2. The van der Waals surface area contributed by atoms with Gasteiger partial charge in [0.05, 0.1) is 16.3 Å². The van der Waals surface area contributed by atoms with Crippen LogP contribution in [0.25, 0.3) is 0 Å². The van der Waals surface area contributed by atoms with Crippen molar-refractivity contribution >= 4 is 63.1 Å². The average molecular weight is 617 g/mol. The number of nitrogens with one attached hydrogen (secondary N) is 2. The summed E-state index contributed by atoms with van der Waals surface area (Å²) < 4.78 is 7.53. The van der Waals surface area contributed by atoms with Gasteiger partial charge in [-0.2, -0.15) is 0 Å². The van der Waals surface area contributed by atoms with E-state index < -0.39 is 0 Å². The highest BCUT2D eigenvalue weighted by molar-refractivity contribution is 7.99. The fraction of sp³-hybridized carbons (Fsp3) is 0.286. The van der Waals surface area contributed by atoms with Gasteiger partial charge < -0.3 is 19.9 Å². The van der Waals surface area contributed by atoms with Gasteiger partial charge in [0.1, 0.15) is 17.4 Å². The van der Waals surface area contributed by atoms with E-state index in [0.29, 0.717) is 43.9 Å². The topological polar surface area (TPSA) is 98.1 Å². The number of carbonyl (C=O) groups is 2. The molecule has 2 aromatic heterocycles. The number of fused-ring (bicyclic) bond motifs is 1. The number of carbonyl (C=O) groups excluding carboxylic acids is 2. The first kappa shape index (κ1) is 28.5. The molecule has 2 heterocycles. The third-order valence-electron chi connectivity index (χ3n) is 6.46. The molecule has 0 fully saturated rings. The molecular formula is C28H27Cl2N5O3S2. The lowest BCUT2D eigenvalue weighted by Crippen LogP contribution is -2.25. The van der Waals surface area contributed by atoms with Crippen molar-refractivity contribution in [3.8, 4) is 5.75 Å². The molecule has 2 N–H and O–H groups in total. The highest BCUT2D eigenvalue weighted by atomic mass is 35.5. The van der Waals surface area contributed by atoms with Crippen LogP contribution in [-0.4, -0.2) is 32.3 Å². The van der Waals surface area contributed by atoms with Crippen LogP contribution >= 0.6 is 46.3 Å². The van der Waals surface area contributed by atoms with E-state index in [1.165, 1.54) is 28.0 Å². The van der Waals surface area contributed by atoms with E-state index in [4.69, 9.17) is 27.9 Å². The van der Waals surface area contributed by atoms with Crippen LogP contribution in [0.1, 0.15) is 45.0 Å². The quantitative estimate of drug-likeness (QED) is 0.203. The highest BCUT2D eigenvalue weighted by Crippen LogP contribution is 2.38. The maximum atomic E-state index is 13.3. The minimum Gasteiger partial charge on any atom is -0.484 e. The van der Waals surface area contributed by atoms with Gasteiger partial charge in [0.25, 0.3) is 5.91 Å². The molecular weight excluding hydrogens is 589 g/mol. The molecule has 4 aromatic rings. The van der Waals surface area contributed by atoms with Crippen LogP contribution in [0.4, 0.5) is 5.00 Å². The SMILES string of the molecule is Cn1c(COc2ccc(Cl)cc2Cl)nnc1SCC(=O)Nc1sc2c(c1C(=O)NCc1ccccc1)CCCC2. The largest absolute Gasteiger partial charge is 0.484 e. The smallest absolute Gasteiger partial charge is 0.254 e. The zero-order valence-corrected chi connectivity index (χ0v) is 24.9. The van der Waals surface area contributed by atoms with Crippen LogP contribution in [-0.2, 0) is 37.8 Å². The van der Waals surface area contributed by atoms with Crippen LogP contribution in [0.3, 0.4) is 0 Å². The number of thiophene rings is 1. The van der Waals surface area contributed by atoms with Gasteiger partial charge in [-0.25, -0.2) is 0 Å². The minimum absolute atomic E-state index is 0.115. The first-order valence-corrected chi connectivity index (χ1v) is 15.3. The number of amides is 2. The fourth-order valence-corrected chi connectivity index (χ4v) is 6.88. The predicted octanol–water partition coefficient (Wildman–Crippen LogP) is 6.30. The predicted molar refractivity (Wildman–Crippen MR) is 160 cm³/mol. The summed E-state index contributed by atoms with van der Waals surface area (Å²) >= 11 is 14.9. The molecule has 0 unspecified atom stereocenters. The van der Waals surface area contributed by atoms with Crippen molar-refractivity contribution in [3.05, 3.63) is 86.0 Å². The van der Waals surface area contributed by atoms with Crippen molar-refractivity contribution < 1.29 is 14.3 Å². The number of hydrogen-bond acceptors (Lipinski definition) is 7. The lowest BCUT2D eigenvalue weighted by molar-refractivity contribution is -0.113. The van der Waals surface area contributed by atoms with Crippen molar-refractivity contribution in [2.75, 3.05) is 11.1 Å². The molecule has 0 spiro atoms. The number of rotatable bonds is 10. The third kappa shape index (κ3) is 6.80. The van der Waals surface area contributed by atoms with E-state index in [1.54, 1.807) is 22.8 Å². The van der Waals surface area contributed by atoms with Gasteiger partial charge in [0.2, 0.25) is 5.91 Å². The molecule has 5 rings (SSSR count). The Bertz CT molecular complexity index is 1520. The van der Waals surface area contributed by atoms with Crippen LogP contribution in [0.5, 0.6) is 5.75 Å². The molecule has 1 aliphatic carbocycles. The monoisotopic (exact) mass is 615 g/mol. The summed E-state index contributed by atoms with van der Waals surface area (Å²) in [7, 11) is 1.81. The van der Waals surface area contributed by atoms with E-state index in [0.717, 1.165) is 36.8 Å². The summed E-state index contributed by atoms with van der Waals surface area (Å²) in [4.78, 5) is 27.4.